The second-order valence-electron chi connectivity index (χ2n) is 2.41. The van der Waals surface area contributed by atoms with Crippen LogP contribution in [0.3, 0.4) is 0 Å². The van der Waals surface area contributed by atoms with E-state index in [0.717, 1.165) is 10.9 Å². The van der Waals surface area contributed by atoms with Crippen LogP contribution in [-0.4, -0.2) is 5.11 Å². The maximum Gasteiger partial charge on any atom is 0.214 e. The first-order valence-electron chi connectivity index (χ1n) is 3.46. The van der Waals surface area contributed by atoms with Crippen LogP contribution in [-0.2, 0) is 0 Å². The first-order valence-corrected chi connectivity index (χ1v) is 3.46. The van der Waals surface area contributed by atoms with Crippen LogP contribution in [0.4, 0.5) is 0 Å². The Morgan fingerprint density at radius 2 is 1.91 bits per heavy atom. The number of aromatic nitrogens is 1. The molecule has 0 radical (unpaired) electrons. The van der Waals surface area contributed by atoms with Crippen LogP contribution in [0.2, 0.25) is 0 Å². The van der Waals surface area contributed by atoms with Gasteiger partial charge in [-0.15, -0.1) is 0 Å². The normalized spacial score (nSPS) is 10.2. The number of para-hydroxylation sites is 1. The van der Waals surface area contributed by atoms with Gasteiger partial charge in [0.2, 0.25) is 5.52 Å². The molecule has 0 atom stereocenters. The fourth-order valence-electron chi connectivity index (χ4n) is 1.13. The predicted octanol–water partition coefficient (Wildman–Crippen LogP) is 1.36. The van der Waals surface area contributed by atoms with E-state index in [4.69, 9.17) is 0 Å². The van der Waals surface area contributed by atoms with Gasteiger partial charge in [0, 0.05) is 12.1 Å². The zero-order valence-electron chi connectivity index (χ0n) is 5.91. The summed E-state index contributed by atoms with van der Waals surface area (Å²) in [6.45, 7) is 0. The zero-order chi connectivity index (χ0) is 7.68. The number of benzene rings is 1. The van der Waals surface area contributed by atoms with Crippen molar-refractivity contribution in [1.82, 2.24) is 0 Å². The van der Waals surface area contributed by atoms with Crippen LogP contribution in [0.25, 0.3) is 10.9 Å². The van der Waals surface area contributed by atoms with Gasteiger partial charge in [-0.2, -0.15) is 0 Å². The highest BCUT2D eigenvalue weighted by Gasteiger charge is 2.01. The third-order valence-corrected chi connectivity index (χ3v) is 1.68. The fraction of sp³-hybridized carbons (Fsp3) is 0. The second-order valence-corrected chi connectivity index (χ2v) is 2.41. The molecular weight excluding hydrogens is 138 g/mol. The molecule has 2 heteroatoms. The molecule has 1 heterocycles. The number of hydrogen-bond acceptors (Lipinski definition) is 1. The molecule has 0 saturated carbocycles. The van der Waals surface area contributed by atoms with Crippen LogP contribution in [0.5, 0.6) is 5.75 Å². The Hall–Kier alpha value is -1.57. The third kappa shape index (κ3) is 0.923. The number of H-pyrrole nitrogens is 1. The number of fused-ring (bicyclic) bond motifs is 1. The Balaban J connectivity index is 2.91. The molecule has 2 nitrogen and oxygen atoms in total. The van der Waals surface area contributed by atoms with Gasteiger partial charge in [-0.1, -0.05) is 12.1 Å². The summed E-state index contributed by atoms with van der Waals surface area (Å²) in [5.74, 6) is 0.319. The summed E-state index contributed by atoms with van der Waals surface area (Å²) in [6, 6.07) is 9.27. The minimum Gasteiger partial charge on any atom is -0.507 e. The standard InChI is InChI=1S/C9H7NO/c11-9-5-6-10-8-4-2-1-3-7(8)9/h1-6H,(H,10,11)/p+1. The topological polar surface area (TPSA) is 34.4 Å². The van der Waals surface area contributed by atoms with Crippen LogP contribution >= 0.6 is 0 Å². The molecule has 0 saturated heterocycles. The molecule has 0 aliphatic rings. The first-order chi connectivity index (χ1) is 5.38. The Morgan fingerprint density at radius 3 is 2.73 bits per heavy atom. The zero-order valence-corrected chi connectivity index (χ0v) is 5.91. The van der Waals surface area contributed by atoms with E-state index in [9.17, 15) is 5.11 Å². The fourth-order valence-corrected chi connectivity index (χ4v) is 1.13. The van der Waals surface area contributed by atoms with Gasteiger partial charge in [0.05, 0.1) is 5.39 Å². The molecular formula is C9H8NO+. The monoisotopic (exact) mass is 146 g/mol. The van der Waals surface area contributed by atoms with Gasteiger partial charge >= 0.3 is 0 Å². The second kappa shape index (κ2) is 2.23. The molecule has 0 fully saturated rings. The highest BCUT2D eigenvalue weighted by atomic mass is 16.3. The Morgan fingerprint density at radius 1 is 1.09 bits per heavy atom. The van der Waals surface area contributed by atoms with E-state index < -0.39 is 0 Å². The van der Waals surface area contributed by atoms with Gasteiger partial charge < -0.3 is 5.11 Å². The maximum absolute atomic E-state index is 9.35. The van der Waals surface area contributed by atoms with Gasteiger partial charge in [-0.3, -0.25) is 0 Å². The summed E-state index contributed by atoms with van der Waals surface area (Å²) in [5.41, 5.74) is 0.951. The van der Waals surface area contributed by atoms with E-state index in [-0.39, 0.29) is 0 Å². The lowest BCUT2D eigenvalue weighted by atomic mass is 10.2. The van der Waals surface area contributed by atoms with Gasteiger partial charge in [0.25, 0.3) is 0 Å². The largest absolute Gasteiger partial charge is 0.507 e. The van der Waals surface area contributed by atoms with Crippen LogP contribution in [0.15, 0.2) is 36.5 Å². The lowest BCUT2D eigenvalue weighted by molar-refractivity contribution is -0.344. The van der Waals surface area contributed by atoms with E-state index >= 15 is 0 Å². The molecule has 2 rings (SSSR count). The van der Waals surface area contributed by atoms with E-state index in [2.05, 4.69) is 4.98 Å². The summed E-state index contributed by atoms with van der Waals surface area (Å²) in [4.78, 5) is 3.03. The van der Waals surface area contributed by atoms with Crippen molar-refractivity contribution in [2.45, 2.75) is 0 Å². The highest BCUT2D eigenvalue weighted by molar-refractivity contribution is 5.81. The SMILES string of the molecule is Oc1cc[nH+]c2ccccc12. The lowest BCUT2D eigenvalue weighted by Gasteiger charge is -1.92. The average Bonchev–Trinajstić information content (AvgIpc) is 2.06. The van der Waals surface area contributed by atoms with Crippen molar-refractivity contribution in [1.29, 1.82) is 0 Å². The van der Waals surface area contributed by atoms with Crippen LogP contribution in [0, 0.1) is 0 Å². The summed E-state index contributed by atoms with van der Waals surface area (Å²) >= 11 is 0. The van der Waals surface area contributed by atoms with E-state index in [1.54, 1.807) is 12.3 Å². The maximum atomic E-state index is 9.35. The molecule has 0 spiro atoms. The first kappa shape index (κ1) is 6.16. The summed E-state index contributed by atoms with van der Waals surface area (Å²) in [6.07, 6.45) is 1.72. The van der Waals surface area contributed by atoms with Crippen molar-refractivity contribution in [2.75, 3.05) is 0 Å². The summed E-state index contributed by atoms with van der Waals surface area (Å²) in [7, 11) is 0. The molecule has 0 aliphatic heterocycles. The molecule has 2 aromatic rings. The number of nitrogens with one attached hydrogen (secondary N) is 1. The van der Waals surface area contributed by atoms with Crippen LogP contribution < -0.4 is 4.98 Å². The van der Waals surface area contributed by atoms with Crippen molar-refractivity contribution in [3.8, 4) is 5.75 Å². The molecule has 0 aliphatic carbocycles. The molecule has 0 amide bonds. The van der Waals surface area contributed by atoms with Gasteiger partial charge in [0.15, 0.2) is 6.20 Å². The van der Waals surface area contributed by atoms with E-state index in [1.165, 1.54) is 0 Å². The Bertz CT molecular complexity index is 379. The van der Waals surface area contributed by atoms with Gasteiger partial charge in [-0.25, -0.2) is 4.98 Å². The lowest BCUT2D eigenvalue weighted by Crippen LogP contribution is -2.00. The van der Waals surface area contributed by atoms with Crippen molar-refractivity contribution >= 4 is 10.9 Å². The number of pyridine rings is 1. The molecule has 2 N–H and O–H groups in total. The van der Waals surface area contributed by atoms with Crippen molar-refractivity contribution in [2.24, 2.45) is 0 Å². The predicted molar refractivity (Wildman–Crippen MR) is 42.2 cm³/mol. The third-order valence-electron chi connectivity index (χ3n) is 1.68. The van der Waals surface area contributed by atoms with Crippen molar-refractivity contribution < 1.29 is 10.1 Å². The van der Waals surface area contributed by atoms with E-state index in [0.29, 0.717) is 5.75 Å². The van der Waals surface area contributed by atoms with Gasteiger partial charge in [0.1, 0.15) is 5.75 Å². The van der Waals surface area contributed by atoms with E-state index in [1.807, 2.05) is 24.3 Å². The molecule has 0 unspecified atom stereocenters. The molecule has 1 aromatic heterocycles. The minimum absolute atomic E-state index is 0.319. The number of aromatic hydroxyl groups is 1. The Labute approximate surface area is 64.1 Å². The average molecular weight is 146 g/mol. The highest BCUT2D eigenvalue weighted by Crippen LogP contribution is 2.18. The smallest absolute Gasteiger partial charge is 0.214 e. The number of rotatable bonds is 0. The summed E-state index contributed by atoms with van der Waals surface area (Å²) in [5, 5.41) is 10.2. The quantitative estimate of drug-likeness (QED) is 0.598. The number of aromatic amines is 1. The molecule has 1 aromatic carbocycles. The molecule has 11 heavy (non-hydrogen) atoms. The molecule has 0 bridgehead atoms. The summed E-state index contributed by atoms with van der Waals surface area (Å²) < 4.78 is 0. The Kier molecular flexibility index (Phi) is 1.25. The van der Waals surface area contributed by atoms with Gasteiger partial charge in [-0.05, 0) is 6.07 Å². The van der Waals surface area contributed by atoms with Crippen LogP contribution in [0.1, 0.15) is 0 Å². The van der Waals surface area contributed by atoms with Crippen molar-refractivity contribution in [3.05, 3.63) is 36.5 Å². The molecule has 54 valence electrons. The minimum atomic E-state index is 0.319. The number of hydrogen-bond donors (Lipinski definition) is 1. The van der Waals surface area contributed by atoms with Crippen molar-refractivity contribution in [3.63, 3.8) is 0 Å².